The van der Waals surface area contributed by atoms with Gasteiger partial charge in [-0.05, 0) is 48.6 Å². The maximum atomic E-state index is 12.6. The van der Waals surface area contributed by atoms with Crippen LogP contribution in [-0.4, -0.2) is 16.7 Å². The van der Waals surface area contributed by atoms with Crippen molar-refractivity contribution in [2.75, 3.05) is 6.26 Å². The molecule has 0 fully saturated rings. The predicted octanol–water partition coefficient (Wildman–Crippen LogP) is 4.94. The van der Waals surface area contributed by atoms with Crippen molar-refractivity contribution < 1.29 is 18.0 Å². The van der Waals surface area contributed by atoms with Gasteiger partial charge in [-0.25, -0.2) is 0 Å². The lowest BCUT2D eigenvalue weighted by molar-refractivity contribution is -0.137. The summed E-state index contributed by atoms with van der Waals surface area (Å²) >= 11 is 2.49. The number of halogens is 3. The molecular formula is C21H19F3N2O2S2. The number of hydrogen-bond donors (Lipinski definition) is 1. The molecule has 3 rings (SSSR count). The Morgan fingerprint density at radius 1 is 1.07 bits per heavy atom. The highest BCUT2D eigenvalue weighted by Crippen LogP contribution is 2.29. The summed E-state index contributed by atoms with van der Waals surface area (Å²) in [6.45, 7) is 2.14. The number of aromatic nitrogens is 1. The largest absolute Gasteiger partial charge is 0.416 e. The molecule has 0 bridgehead atoms. The zero-order chi connectivity index (χ0) is 21.9. The van der Waals surface area contributed by atoms with E-state index in [0.717, 1.165) is 33.9 Å². The maximum Gasteiger partial charge on any atom is 0.416 e. The van der Waals surface area contributed by atoms with Crippen LogP contribution in [0.25, 0.3) is 0 Å². The minimum absolute atomic E-state index is 0.0681. The van der Waals surface area contributed by atoms with Crippen molar-refractivity contribution in [2.45, 2.75) is 31.1 Å². The van der Waals surface area contributed by atoms with Crippen LogP contribution in [0.4, 0.5) is 13.2 Å². The van der Waals surface area contributed by atoms with Gasteiger partial charge in [0.15, 0.2) is 0 Å². The highest BCUT2D eigenvalue weighted by molar-refractivity contribution is 7.98. The lowest BCUT2D eigenvalue weighted by Crippen LogP contribution is -2.23. The smallest absolute Gasteiger partial charge is 0.347 e. The second-order valence-electron chi connectivity index (χ2n) is 6.59. The summed E-state index contributed by atoms with van der Waals surface area (Å²) < 4.78 is 39.4. The molecule has 0 aliphatic heterocycles. The number of alkyl halides is 3. The van der Waals surface area contributed by atoms with Gasteiger partial charge in [-0.15, -0.1) is 11.8 Å². The second kappa shape index (κ2) is 9.09. The molecule has 3 aromatic rings. The van der Waals surface area contributed by atoms with E-state index in [1.54, 1.807) is 23.3 Å². The van der Waals surface area contributed by atoms with Gasteiger partial charge in [0.05, 0.1) is 12.1 Å². The molecule has 0 unspecified atom stereocenters. The third-order valence-corrected chi connectivity index (χ3v) is 6.41. The van der Waals surface area contributed by atoms with Gasteiger partial charge in [-0.2, -0.15) is 13.2 Å². The van der Waals surface area contributed by atoms with Gasteiger partial charge in [0.1, 0.15) is 4.88 Å². The van der Waals surface area contributed by atoms with Crippen LogP contribution in [0, 0.1) is 6.92 Å². The van der Waals surface area contributed by atoms with Crippen molar-refractivity contribution >= 4 is 29.0 Å². The normalized spacial score (nSPS) is 11.5. The molecule has 1 amide bonds. The fourth-order valence-electron chi connectivity index (χ4n) is 2.86. The number of amides is 1. The molecule has 2 aromatic carbocycles. The molecule has 0 radical (unpaired) electrons. The second-order valence-corrected chi connectivity index (χ2v) is 8.44. The zero-order valence-electron chi connectivity index (χ0n) is 16.2. The van der Waals surface area contributed by atoms with Gasteiger partial charge >= 0.3 is 11.0 Å². The highest BCUT2D eigenvalue weighted by atomic mass is 32.2. The maximum absolute atomic E-state index is 12.6. The molecule has 0 saturated heterocycles. The van der Waals surface area contributed by atoms with Crippen LogP contribution in [0.5, 0.6) is 0 Å². The van der Waals surface area contributed by atoms with Gasteiger partial charge in [-0.1, -0.05) is 35.6 Å². The third kappa shape index (κ3) is 5.14. The van der Waals surface area contributed by atoms with Crippen LogP contribution in [0.2, 0.25) is 0 Å². The first-order valence-electron chi connectivity index (χ1n) is 8.96. The molecule has 1 aromatic heterocycles. The number of carbonyl (C=O) groups excluding carboxylic acids is 1. The van der Waals surface area contributed by atoms with Gasteiger partial charge in [-0.3, -0.25) is 14.2 Å². The van der Waals surface area contributed by atoms with Crippen molar-refractivity contribution in [3.63, 3.8) is 0 Å². The predicted molar refractivity (Wildman–Crippen MR) is 113 cm³/mol. The van der Waals surface area contributed by atoms with Gasteiger partial charge in [0, 0.05) is 17.1 Å². The van der Waals surface area contributed by atoms with E-state index < -0.39 is 17.6 Å². The van der Waals surface area contributed by atoms with E-state index in [4.69, 9.17) is 0 Å². The number of thiazole rings is 1. The topological polar surface area (TPSA) is 51.1 Å². The summed E-state index contributed by atoms with van der Waals surface area (Å²) in [7, 11) is 0. The Morgan fingerprint density at radius 3 is 2.23 bits per heavy atom. The molecule has 9 heteroatoms. The fourth-order valence-corrected chi connectivity index (χ4v) is 4.17. The first-order valence-corrected chi connectivity index (χ1v) is 11.0. The molecule has 158 valence electrons. The molecule has 0 saturated carbocycles. The Morgan fingerprint density at radius 2 is 1.67 bits per heavy atom. The highest BCUT2D eigenvalue weighted by Gasteiger charge is 2.29. The fraction of sp³-hybridized carbons (Fsp3) is 0.238. The number of nitrogens with one attached hydrogen (secondary N) is 1. The summed E-state index contributed by atoms with van der Waals surface area (Å²) in [4.78, 5) is 26.1. The number of rotatable bonds is 6. The SMILES string of the molecule is CSc1ccc(Cn2c(C)c(C(=O)NCc3ccc(C(F)(F)F)cc3)sc2=O)cc1. The summed E-state index contributed by atoms with van der Waals surface area (Å²) in [5, 5.41) is 2.67. The van der Waals surface area contributed by atoms with Gasteiger partial charge in [0.2, 0.25) is 0 Å². The quantitative estimate of drug-likeness (QED) is 0.539. The minimum Gasteiger partial charge on any atom is -0.347 e. The van der Waals surface area contributed by atoms with Crippen molar-refractivity contribution in [1.82, 2.24) is 9.88 Å². The van der Waals surface area contributed by atoms with Crippen LogP contribution < -0.4 is 10.2 Å². The van der Waals surface area contributed by atoms with Gasteiger partial charge in [0.25, 0.3) is 5.91 Å². The Kier molecular flexibility index (Phi) is 6.72. The van der Waals surface area contributed by atoms with Crippen LogP contribution in [-0.2, 0) is 19.3 Å². The molecular weight excluding hydrogens is 433 g/mol. The van der Waals surface area contributed by atoms with E-state index in [-0.39, 0.29) is 11.4 Å². The lowest BCUT2D eigenvalue weighted by atomic mass is 10.1. The lowest BCUT2D eigenvalue weighted by Gasteiger charge is -2.09. The standard InChI is InChI=1S/C21H19F3N2O2S2/c1-13-18(19(27)25-11-14-3-7-16(8-4-14)21(22,23)24)30-20(28)26(13)12-15-5-9-17(29-2)10-6-15/h3-10H,11-12H2,1-2H3,(H,25,27). The number of carbonyl (C=O) groups is 1. The molecule has 1 heterocycles. The van der Waals surface area contributed by atoms with Crippen molar-refractivity contribution in [3.05, 3.63) is 85.5 Å². The first-order chi connectivity index (χ1) is 14.2. The van der Waals surface area contributed by atoms with E-state index in [9.17, 15) is 22.8 Å². The Bertz CT molecular complexity index is 1090. The van der Waals surface area contributed by atoms with Crippen LogP contribution >= 0.6 is 23.1 Å². The molecule has 1 N–H and O–H groups in total. The van der Waals surface area contributed by atoms with E-state index >= 15 is 0 Å². The van der Waals surface area contributed by atoms with Gasteiger partial charge < -0.3 is 5.32 Å². The number of benzene rings is 2. The molecule has 30 heavy (non-hydrogen) atoms. The number of nitrogens with zero attached hydrogens (tertiary/aromatic N) is 1. The third-order valence-electron chi connectivity index (χ3n) is 4.58. The average Bonchev–Trinajstić information content (AvgIpc) is 3.00. The Labute approximate surface area is 179 Å². The molecule has 4 nitrogen and oxygen atoms in total. The molecule has 0 aliphatic rings. The van der Waals surface area contributed by atoms with Crippen molar-refractivity contribution in [2.24, 2.45) is 0 Å². The van der Waals surface area contributed by atoms with Crippen LogP contribution in [0.15, 0.2) is 58.2 Å². The molecule has 0 spiro atoms. The summed E-state index contributed by atoms with van der Waals surface area (Å²) in [5.74, 6) is -0.425. The van der Waals surface area contributed by atoms with Crippen LogP contribution in [0.3, 0.4) is 0 Å². The summed E-state index contributed by atoms with van der Waals surface area (Å²) in [5.41, 5.74) is 1.31. The summed E-state index contributed by atoms with van der Waals surface area (Å²) in [6, 6.07) is 12.4. The number of thioether (sulfide) groups is 1. The van der Waals surface area contributed by atoms with Crippen LogP contribution in [0.1, 0.15) is 32.1 Å². The van der Waals surface area contributed by atoms with Crippen molar-refractivity contribution in [3.8, 4) is 0 Å². The van der Waals surface area contributed by atoms with E-state index in [2.05, 4.69) is 5.32 Å². The monoisotopic (exact) mass is 452 g/mol. The first kappa shape index (κ1) is 22.2. The zero-order valence-corrected chi connectivity index (χ0v) is 17.9. The van der Waals surface area contributed by atoms with E-state index in [1.807, 2.05) is 30.5 Å². The summed E-state index contributed by atoms with van der Waals surface area (Å²) in [6.07, 6.45) is -2.41. The Hall–Kier alpha value is -2.52. The molecule has 0 aliphatic carbocycles. The average molecular weight is 453 g/mol. The number of hydrogen-bond acceptors (Lipinski definition) is 4. The van der Waals surface area contributed by atoms with E-state index in [0.29, 0.717) is 22.7 Å². The minimum atomic E-state index is -4.40. The van der Waals surface area contributed by atoms with E-state index in [1.165, 1.54) is 12.1 Å². The molecule has 0 atom stereocenters. The Balaban J connectivity index is 1.69. The van der Waals surface area contributed by atoms with Crippen molar-refractivity contribution in [1.29, 1.82) is 0 Å².